The number of rotatable bonds is 1. The zero-order valence-electron chi connectivity index (χ0n) is 8.15. The van der Waals surface area contributed by atoms with Gasteiger partial charge in [0.15, 0.2) is 11.6 Å². The fourth-order valence-corrected chi connectivity index (χ4v) is 1.49. The number of hydrogen-bond donors (Lipinski definition) is 1. The quantitative estimate of drug-likeness (QED) is 0.822. The van der Waals surface area contributed by atoms with Gasteiger partial charge in [0, 0.05) is 32.4 Å². The Hall–Kier alpha value is -0.580. The number of aromatic nitrogens is 1. The lowest BCUT2D eigenvalue weighted by Gasteiger charge is -2.28. The van der Waals surface area contributed by atoms with Crippen molar-refractivity contribution in [1.29, 1.82) is 0 Å². The van der Waals surface area contributed by atoms with Crippen LogP contribution in [0.1, 0.15) is 0 Å². The number of anilines is 1. The number of halogens is 3. The summed E-state index contributed by atoms with van der Waals surface area (Å²) in [5, 5.41) is 3.21. The molecule has 0 amide bonds. The standard InChI is InChI=1S/C9H12FN3.2ClH/c10-8-2-1-3-12-9(8)13-6-4-11-5-7-13;;/h1-3,11H,4-7H2;2*1H. The van der Waals surface area contributed by atoms with E-state index in [1.165, 1.54) is 6.07 Å². The van der Waals surface area contributed by atoms with E-state index < -0.39 is 0 Å². The first kappa shape index (κ1) is 14.4. The third-order valence-electron chi connectivity index (χ3n) is 2.16. The van der Waals surface area contributed by atoms with Gasteiger partial charge in [-0.2, -0.15) is 0 Å². The molecule has 0 aromatic carbocycles. The molecule has 1 aromatic rings. The minimum Gasteiger partial charge on any atom is -0.352 e. The molecule has 6 heteroatoms. The van der Waals surface area contributed by atoms with Gasteiger partial charge in [0.25, 0.3) is 0 Å². The molecule has 2 heterocycles. The van der Waals surface area contributed by atoms with Crippen LogP contribution in [-0.4, -0.2) is 31.2 Å². The van der Waals surface area contributed by atoms with Crippen molar-refractivity contribution in [1.82, 2.24) is 10.3 Å². The van der Waals surface area contributed by atoms with Crippen molar-refractivity contribution in [2.45, 2.75) is 0 Å². The second kappa shape index (κ2) is 6.82. The van der Waals surface area contributed by atoms with Crippen molar-refractivity contribution in [3.8, 4) is 0 Å². The predicted octanol–water partition coefficient (Wildman–Crippen LogP) is 1.47. The van der Waals surface area contributed by atoms with Crippen molar-refractivity contribution in [2.75, 3.05) is 31.1 Å². The van der Waals surface area contributed by atoms with Crippen molar-refractivity contribution in [2.24, 2.45) is 0 Å². The third-order valence-corrected chi connectivity index (χ3v) is 2.16. The lowest BCUT2D eigenvalue weighted by atomic mass is 10.3. The molecular weight excluding hydrogens is 240 g/mol. The Morgan fingerprint density at radius 3 is 2.53 bits per heavy atom. The maximum absolute atomic E-state index is 13.2. The second-order valence-electron chi connectivity index (χ2n) is 3.05. The molecule has 0 unspecified atom stereocenters. The van der Waals surface area contributed by atoms with Gasteiger partial charge in [-0.05, 0) is 12.1 Å². The van der Waals surface area contributed by atoms with E-state index in [4.69, 9.17) is 0 Å². The van der Waals surface area contributed by atoms with E-state index in [1.54, 1.807) is 12.3 Å². The Labute approximate surface area is 101 Å². The lowest BCUT2D eigenvalue weighted by molar-refractivity contribution is 0.559. The smallest absolute Gasteiger partial charge is 0.165 e. The molecule has 0 saturated carbocycles. The molecular formula is C9H14Cl2FN3. The zero-order valence-corrected chi connectivity index (χ0v) is 9.78. The van der Waals surface area contributed by atoms with Crippen molar-refractivity contribution < 1.29 is 4.39 Å². The van der Waals surface area contributed by atoms with Crippen LogP contribution < -0.4 is 10.2 Å². The van der Waals surface area contributed by atoms with Crippen LogP contribution in [-0.2, 0) is 0 Å². The van der Waals surface area contributed by atoms with Gasteiger partial charge in [-0.15, -0.1) is 24.8 Å². The summed E-state index contributed by atoms with van der Waals surface area (Å²) in [6.07, 6.45) is 1.63. The predicted molar refractivity (Wildman–Crippen MR) is 63.8 cm³/mol. The normalized spacial score (nSPS) is 15.1. The first-order valence-corrected chi connectivity index (χ1v) is 4.44. The van der Waals surface area contributed by atoms with Gasteiger partial charge in [0.1, 0.15) is 0 Å². The zero-order chi connectivity index (χ0) is 9.10. The Morgan fingerprint density at radius 2 is 1.93 bits per heavy atom. The summed E-state index contributed by atoms with van der Waals surface area (Å²) < 4.78 is 13.2. The van der Waals surface area contributed by atoms with E-state index in [9.17, 15) is 4.39 Å². The lowest BCUT2D eigenvalue weighted by Crippen LogP contribution is -2.44. The summed E-state index contributed by atoms with van der Waals surface area (Å²) in [6.45, 7) is 3.45. The van der Waals surface area contributed by atoms with Gasteiger partial charge in [0.05, 0.1) is 0 Å². The molecule has 0 bridgehead atoms. The van der Waals surface area contributed by atoms with Crippen LogP contribution in [0.15, 0.2) is 18.3 Å². The highest BCUT2D eigenvalue weighted by Gasteiger charge is 2.14. The van der Waals surface area contributed by atoms with Crippen molar-refractivity contribution in [3.05, 3.63) is 24.1 Å². The first-order chi connectivity index (χ1) is 6.38. The number of pyridine rings is 1. The van der Waals surface area contributed by atoms with Gasteiger partial charge in [-0.3, -0.25) is 0 Å². The van der Waals surface area contributed by atoms with E-state index in [2.05, 4.69) is 10.3 Å². The molecule has 2 rings (SSSR count). The Bertz CT molecular complexity index is 292. The van der Waals surface area contributed by atoms with E-state index in [-0.39, 0.29) is 30.6 Å². The highest BCUT2D eigenvalue weighted by Crippen LogP contribution is 2.14. The van der Waals surface area contributed by atoms with Crippen molar-refractivity contribution >= 4 is 30.6 Å². The van der Waals surface area contributed by atoms with Crippen LogP contribution in [0.4, 0.5) is 10.2 Å². The van der Waals surface area contributed by atoms with E-state index in [1.807, 2.05) is 4.90 Å². The molecule has 0 aliphatic carbocycles. The molecule has 15 heavy (non-hydrogen) atoms. The molecule has 1 fully saturated rings. The second-order valence-corrected chi connectivity index (χ2v) is 3.05. The summed E-state index contributed by atoms with van der Waals surface area (Å²) in [4.78, 5) is 5.99. The maximum Gasteiger partial charge on any atom is 0.165 e. The van der Waals surface area contributed by atoms with Crippen LogP contribution in [0.3, 0.4) is 0 Å². The summed E-state index contributed by atoms with van der Waals surface area (Å²) >= 11 is 0. The molecule has 1 saturated heterocycles. The topological polar surface area (TPSA) is 28.2 Å². The van der Waals surface area contributed by atoms with Gasteiger partial charge < -0.3 is 10.2 Å². The fourth-order valence-electron chi connectivity index (χ4n) is 1.49. The van der Waals surface area contributed by atoms with Crippen molar-refractivity contribution in [3.63, 3.8) is 0 Å². The minimum atomic E-state index is -0.232. The molecule has 3 nitrogen and oxygen atoms in total. The molecule has 1 N–H and O–H groups in total. The number of piperazine rings is 1. The van der Waals surface area contributed by atoms with Gasteiger partial charge in [0.2, 0.25) is 0 Å². The largest absolute Gasteiger partial charge is 0.352 e. The van der Waals surface area contributed by atoms with E-state index in [0.717, 1.165) is 26.2 Å². The summed E-state index contributed by atoms with van der Waals surface area (Å²) in [5.74, 6) is 0.244. The third kappa shape index (κ3) is 3.48. The monoisotopic (exact) mass is 253 g/mol. The van der Waals surface area contributed by atoms with Crippen LogP contribution in [0.5, 0.6) is 0 Å². The first-order valence-electron chi connectivity index (χ1n) is 4.44. The fraction of sp³-hybridized carbons (Fsp3) is 0.444. The van der Waals surface area contributed by atoms with E-state index in [0.29, 0.717) is 5.82 Å². The average Bonchev–Trinajstić information content (AvgIpc) is 2.20. The Morgan fingerprint density at radius 1 is 1.27 bits per heavy atom. The number of hydrogen-bond acceptors (Lipinski definition) is 3. The van der Waals surface area contributed by atoms with E-state index >= 15 is 0 Å². The van der Waals surface area contributed by atoms with Crippen LogP contribution in [0.25, 0.3) is 0 Å². The Kier molecular flexibility index (Phi) is 6.56. The Balaban J connectivity index is 0.000000980. The summed E-state index contributed by atoms with van der Waals surface area (Å²) in [7, 11) is 0. The number of nitrogens with zero attached hydrogens (tertiary/aromatic N) is 2. The van der Waals surface area contributed by atoms with Gasteiger partial charge in [-0.1, -0.05) is 0 Å². The number of nitrogens with one attached hydrogen (secondary N) is 1. The average molecular weight is 254 g/mol. The molecule has 0 radical (unpaired) electrons. The van der Waals surface area contributed by atoms with Crippen LogP contribution in [0.2, 0.25) is 0 Å². The molecule has 1 aliphatic heterocycles. The molecule has 0 atom stereocenters. The maximum atomic E-state index is 13.2. The molecule has 1 aromatic heterocycles. The minimum absolute atomic E-state index is 0. The summed E-state index contributed by atoms with van der Waals surface area (Å²) in [6, 6.07) is 3.06. The highest BCUT2D eigenvalue weighted by molar-refractivity contribution is 5.85. The molecule has 1 aliphatic rings. The SMILES string of the molecule is Cl.Cl.Fc1cccnc1N1CCNCC1. The molecule has 0 spiro atoms. The summed E-state index contributed by atoms with van der Waals surface area (Å²) in [5.41, 5.74) is 0. The van der Waals surface area contributed by atoms with Gasteiger partial charge in [-0.25, -0.2) is 9.37 Å². The van der Waals surface area contributed by atoms with Gasteiger partial charge >= 0.3 is 0 Å². The van der Waals surface area contributed by atoms with Crippen LogP contribution in [0, 0.1) is 5.82 Å². The van der Waals surface area contributed by atoms with Crippen LogP contribution >= 0.6 is 24.8 Å². The molecule has 86 valence electrons. The highest BCUT2D eigenvalue weighted by atomic mass is 35.5.